The fourth-order valence-corrected chi connectivity index (χ4v) is 7.14. The van der Waals surface area contributed by atoms with Crippen LogP contribution < -0.4 is 54.8 Å². The van der Waals surface area contributed by atoms with Crippen LogP contribution in [0.2, 0.25) is 0 Å². The minimum Gasteiger partial charge on any atom is -0.480 e. The van der Waals surface area contributed by atoms with Crippen molar-refractivity contribution in [3.63, 3.8) is 0 Å². The number of aliphatic carboxylic acids is 1. The van der Waals surface area contributed by atoms with E-state index in [1.165, 1.54) is 0 Å². The van der Waals surface area contributed by atoms with Crippen LogP contribution in [-0.2, 0) is 57.6 Å². The Morgan fingerprint density at radius 3 is 1.12 bits per heavy atom. The lowest BCUT2D eigenvalue weighted by Gasteiger charge is -2.28. The van der Waals surface area contributed by atoms with E-state index in [-0.39, 0.29) is 57.2 Å². The number of nitrogens with two attached hydrogens (primary N) is 4. The van der Waals surface area contributed by atoms with E-state index in [2.05, 4.69) is 44.5 Å². The van der Waals surface area contributed by atoms with Crippen LogP contribution in [-0.4, -0.2) is 114 Å². The van der Waals surface area contributed by atoms with Gasteiger partial charge in [-0.1, -0.05) is 91.0 Å². The van der Waals surface area contributed by atoms with Crippen molar-refractivity contribution < 1.29 is 43.5 Å². The van der Waals surface area contributed by atoms with Gasteiger partial charge >= 0.3 is 5.97 Å². The van der Waals surface area contributed by atoms with E-state index in [9.17, 15) is 43.5 Å². The zero-order valence-corrected chi connectivity index (χ0v) is 38.5. The third-order valence-electron chi connectivity index (χ3n) is 10.7. The zero-order chi connectivity index (χ0) is 49.1. The molecule has 19 nitrogen and oxygen atoms in total. The SMILES string of the molecule is NCCCC[C@H](NC(=O)[C@H](Cc1ccccc1)NC(=O)[C@H](CCCCN)NC(=O)[C@@H](N)CS)C(=O)N[C@@H](Cc1ccccc1)C(=O)N[C@@H](CCC(N)=O)C(=O)N[C@@H](Cc1ccccc1)C(=O)O. The summed E-state index contributed by atoms with van der Waals surface area (Å²) < 4.78 is 0. The molecule has 364 valence electrons. The maximum absolute atomic E-state index is 14.4. The van der Waals surface area contributed by atoms with Crippen LogP contribution in [0.25, 0.3) is 0 Å². The van der Waals surface area contributed by atoms with Gasteiger partial charge < -0.3 is 59.9 Å². The fraction of sp³-hybridized carbons (Fsp3) is 0.447. The maximum atomic E-state index is 14.4. The third kappa shape index (κ3) is 20.4. The minimum absolute atomic E-state index is 0.00293. The molecule has 0 radical (unpaired) electrons. The molecule has 3 aromatic rings. The Labute approximate surface area is 396 Å². The highest BCUT2D eigenvalue weighted by molar-refractivity contribution is 7.80. The number of rotatable bonds is 31. The number of thiol groups is 1. The van der Waals surface area contributed by atoms with Gasteiger partial charge in [0.05, 0.1) is 6.04 Å². The summed E-state index contributed by atoms with van der Waals surface area (Å²) in [5.41, 5.74) is 24.7. The van der Waals surface area contributed by atoms with Crippen LogP contribution in [0.4, 0.5) is 0 Å². The Morgan fingerprint density at radius 2 is 0.776 bits per heavy atom. The molecule has 67 heavy (non-hydrogen) atoms. The monoisotopic (exact) mass is 946 g/mol. The van der Waals surface area contributed by atoms with Gasteiger partial charge in [-0.2, -0.15) is 12.6 Å². The molecule has 0 heterocycles. The first-order valence-corrected chi connectivity index (χ1v) is 23.0. The van der Waals surface area contributed by atoms with Gasteiger partial charge in [0.1, 0.15) is 36.3 Å². The van der Waals surface area contributed by atoms with Crippen molar-refractivity contribution in [1.82, 2.24) is 31.9 Å². The van der Waals surface area contributed by atoms with Crippen LogP contribution in [0.3, 0.4) is 0 Å². The summed E-state index contributed by atoms with van der Waals surface area (Å²) in [6.45, 7) is 0.636. The number of nitrogens with one attached hydrogen (secondary N) is 6. The van der Waals surface area contributed by atoms with Crippen LogP contribution >= 0.6 is 12.6 Å². The molecule has 0 spiro atoms. The summed E-state index contributed by atoms with van der Waals surface area (Å²) in [5.74, 6) is -6.61. The second-order valence-corrected chi connectivity index (χ2v) is 16.5. The number of carboxylic acids is 1. The maximum Gasteiger partial charge on any atom is 0.326 e. The van der Waals surface area contributed by atoms with E-state index >= 15 is 0 Å². The van der Waals surface area contributed by atoms with Crippen LogP contribution in [0, 0.1) is 0 Å². The number of carboxylic acid groups (broad SMARTS) is 1. The molecule has 7 amide bonds. The number of carbonyl (C=O) groups excluding carboxylic acids is 7. The Kier molecular flexibility index (Phi) is 24.6. The molecular formula is C47H66N10O9S. The highest BCUT2D eigenvalue weighted by Crippen LogP contribution is 2.12. The van der Waals surface area contributed by atoms with E-state index in [1.807, 2.05) is 0 Å². The summed E-state index contributed by atoms with van der Waals surface area (Å²) in [6.07, 6.45) is 1.38. The first kappa shape index (κ1) is 55.0. The molecule has 0 aromatic heterocycles. The Balaban J connectivity index is 1.94. The zero-order valence-electron chi connectivity index (χ0n) is 37.6. The van der Waals surface area contributed by atoms with E-state index in [1.54, 1.807) is 91.0 Å². The number of primary amides is 1. The average Bonchev–Trinajstić information content (AvgIpc) is 3.31. The second kappa shape index (κ2) is 30.0. The van der Waals surface area contributed by atoms with E-state index in [0.29, 0.717) is 48.9 Å². The second-order valence-electron chi connectivity index (χ2n) is 16.1. The van der Waals surface area contributed by atoms with Gasteiger partial charge in [0.15, 0.2) is 0 Å². The molecule has 0 aliphatic carbocycles. The first-order chi connectivity index (χ1) is 32.1. The van der Waals surface area contributed by atoms with E-state index < -0.39 is 89.6 Å². The molecule has 0 saturated carbocycles. The molecule has 0 aliphatic heterocycles. The largest absolute Gasteiger partial charge is 0.480 e. The van der Waals surface area contributed by atoms with E-state index in [4.69, 9.17) is 22.9 Å². The summed E-state index contributed by atoms with van der Waals surface area (Å²) in [5, 5.41) is 25.9. The van der Waals surface area contributed by atoms with Gasteiger partial charge in [-0.3, -0.25) is 33.6 Å². The molecule has 7 atom stereocenters. The summed E-state index contributed by atoms with van der Waals surface area (Å²) in [7, 11) is 0. The van der Waals surface area contributed by atoms with Crippen molar-refractivity contribution in [2.24, 2.45) is 22.9 Å². The van der Waals surface area contributed by atoms with Gasteiger partial charge in [0, 0.05) is 31.4 Å². The Bertz CT molecular complexity index is 2050. The normalized spacial score (nSPS) is 14.1. The summed E-state index contributed by atoms with van der Waals surface area (Å²) in [4.78, 5) is 107. The molecular weight excluding hydrogens is 881 g/mol. The van der Waals surface area contributed by atoms with Crippen LogP contribution in [0.5, 0.6) is 0 Å². The highest BCUT2D eigenvalue weighted by atomic mass is 32.1. The van der Waals surface area contributed by atoms with Gasteiger partial charge in [-0.05, 0) is 74.7 Å². The van der Waals surface area contributed by atoms with Crippen molar-refractivity contribution in [3.05, 3.63) is 108 Å². The van der Waals surface area contributed by atoms with Crippen LogP contribution in [0.15, 0.2) is 91.0 Å². The number of unbranched alkanes of at least 4 members (excludes halogenated alkanes) is 2. The number of carbonyl (C=O) groups is 8. The predicted molar refractivity (Wildman–Crippen MR) is 256 cm³/mol. The summed E-state index contributed by atoms with van der Waals surface area (Å²) >= 11 is 4.09. The standard InChI is InChI=1S/C47H66N10O9S/c48-24-12-10-20-34(52-41(59)33(50)29-67)42(60)55-37(26-30-14-4-1-5-15-30)45(63)53-35(21-11-13-25-49)43(61)56-38(27-31-16-6-2-7-17-31)46(64)54-36(22-23-40(51)58)44(62)57-39(47(65)66)28-32-18-8-3-9-19-32/h1-9,14-19,33-39,67H,10-13,20-29,48-50H2,(H2,51,58)(H,52,59)(H,53,63)(H,54,64)(H,55,60)(H,56,61)(H,57,62)(H,65,66)/t33-,34-,35-,36-,37-,38-,39-/m0/s1. The quantitative estimate of drug-likeness (QED) is 0.0287. The number of hydrogen-bond donors (Lipinski definition) is 12. The molecule has 20 heteroatoms. The lowest BCUT2D eigenvalue weighted by Crippen LogP contribution is -2.60. The lowest BCUT2D eigenvalue weighted by molar-refractivity contribution is -0.142. The Morgan fingerprint density at radius 1 is 0.463 bits per heavy atom. The van der Waals surface area contributed by atoms with Gasteiger partial charge in [0.25, 0.3) is 0 Å². The van der Waals surface area contributed by atoms with Crippen LogP contribution in [0.1, 0.15) is 68.1 Å². The smallest absolute Gasteiger partial charge is 0.326 e. The molecule has 0 aliphatic rings. The van der Waals surface area contributed by atoms with Crippen molar-refractivity contribution >= 4 is 59.9 Å². The number of amides is 7. The van der Waals surface area contributed by atoms with Crippen molar-refractivity contribution in [2.75, 3.05) is 18.8 Å². The molecule has 15 N–H and O–H groups in total. The molecule has 3 rings (SSSR count). The Hall–Kier alpha value is -6.35. The van der Waals surface area contributed by atoms with Gasteiger partial charge in [0.2, 0.25) is 41.4 Å². The van der Waals surface area contributed by atoms with Crippen molar-refractivity contribution in [1.29, 1.82) is 0 Å². The molecule has 0 saturated heterocycles. The molecule has 0 unspecified atom stereocenters. The van der Waals surface area contributed by atoms with Gasteiger partial charge in [-0.15, -0.1) is 0 Å². The highest BCUT2D eigenvalue weighted by Gasteiger charge is 2.34. The third-order valence-corrected chi connectivity index (χ3v) is 11.1. The summed E-state index contributed by atoms with van der Waals surface area (Å²) in [6, 6.07) is 17.3. The van der Waals surface area contributed by atoms with Crippen molar-refractivity contribution in [3.8, 4) is 0 Å². The lowest BCUT2D eigenvalue weighted by atomic mass is 10.0. The number of benzene rings is 3. The van der Waals surface area contributed by atoms with E-state index in [0.717, 1.165) is 0 Å². The molecule has 0 bridgehead atoms. The predicted octanol–water partition coefficient (Wildman–Crippen LogP) is -0.511. The molecule has 3 aromatic carbocycles. The topological polar surface area (TPSA) is 333 Å². The number of hydrogen-bond acceptors (Lipinski definition) is 12. The first-order valence-electron chi connectivity index (χ1n) is 22.4. The van der Waals surface area contributed by atoms with Gasteiger partial charge in [-0.25, -0.2) is 4.79 Å². The minimum atomic E-state index is -1.45. The van der Waals surface area contributed by atoms with Crippen molar-refractivity contribution in [2.45, 2.75) is 113 Å². The average molecular weight is 947 g/mol. The molecule has 0 fully saturated rings. The fourth-order valence-electron chi connectivity index (χ4n) is 6.97.